The summed E-state index contributed by atoms with van der Waals surface area (Å²) < 4.78 is 0. The maximum Gasteiger partial charge on any atom is 1.00 e. The molecule has 0 bridgehead atoms. The van der Waals surface area contributed by atoms with Crippen molar-refractivity contribution in [2.24, 2.45) is 0 Å². The molecule has 0 amide bonds. The van der Waals surface area contributed by atoms with Crippen molar-refractivity contribution in [2.45, 2.75) is 83.5 Å². The van der Waals surface area contributed by atoms with Crippen molar-refractivity contribution in [1.29, 1.82) is 0 Å². The summed E-state index contributed by atoms with van der Waals surface area (Å²) in [5, 5.41) is 10.2. The Balaban J connectivity index is 0. The molecule has 0 aliphatic rings. The number of aliphatic carboxylic acids is 1. The van der Waals surface area contributed by atoms with Gasteiger partial charge in [0.25, 0.3) is 0 Å². The number of rotatable bonds is 14. The minimum atomic E-state index is -0.909. The van der Waals surface area contributed by atoms with Crippen molar-refractivity contribution < 1.29 is 39.5 Å². The molecule has 0 saturated carbocycles. The molecule has 0 heterocycles. The number of carboxylic acids is 1. The van der Waals surface area contributed by atoms with Crippen LogP contribution in [0, 0.1) is 0 Å². The zero-order valence-corrected chi connectivity index (χ0v) is 15.6. The molecule has 0 atom stereocenters. The van der Waals surface area contributed by atoms with Crippen molar-refractivity contribution in [3.63, 3.8) is 0 Å². The molecule has 2 nitrogen and oxygen atoms in total. The van der Waals surface area contributed by atoms with Gasteiger partial charge in [0.1, 0.15) is 0 Å². The molecular weight excluding hydrogens is 267 g/mol. The quantitative estimate of drug-likeness (QED) is 0.292. The largest absolute Gasteiger partial charge is 1.00 e. The van der Waals surface area contributed by atoms with Crippen LogP contribution in [-0.4, -0.2) is 11.7 Å². The zero-order valence-electron chi connectivity index (χ0n) is 12.7. The first kappa shape index (κ1) is 22.1. The van der Waals surface area contributed by atoms with Gasteiger partial charge >= 0.3 is 29.6 Å². The van der Waals surface area contributed by atoms with Crippen LogP contribution in [0.4, 0.5) is 0 Å². The molecule has 0 rings (SSSR count). The SMILES string of the molecule is O=C([O-])CCCCCCCCCCCCCCS.[Na+]. The number of unbranched alkanes of at least 4 members (excludes halogenated alkanes) is 11. The van der Waals surface area contributed by atoms with E-state index in [4.69, 9.17) is 0 Å². The molecule has 0 saturated heterocycles. The van der Waals surface area contributed by atoms with E-state index in [0.717, 1.165) is 18.6 Å². The summed E-state index contributed by atoms with van der Waals surface area (Å²) in [6, 6.07) is 0. The molecule has 0 aromatic heterocycles. The molecule has 0 aliphatic heterocycles. The van der Waals surface area contributed by atoms with Crippen molar-refractivity contribution in [3.8, 4) is 0 Å². The van der Waals surface area contributed by atoms with E-state index >= 15 is 0 Å². The molecule has 0 fully saturated rings. The smallest absolute Gasteiger partial charge is 0.550 e. The first-order valence-corrected chi connectivity index (χ1v) is 8.21. The van der Waals surface area contributed by atoms with E-state index in [-0.39, 0.29) is 36.0 Å². The Hall–Kier alpha value is 0.820. The number of thiol groups is 1. The molecule has 0 radical (unpaired) electrons. The van der Waals surface area contributed by atoms with Crippen LogP contribution in [0.15, 0.2) is 0 Å². The third kappa shape index (κ3) is 21.3. The monoisotopic (exact) mass is 296 g/mol. The van der Waals surface area contributed by atoms with Crippen molar-refractivity contribution >= 4 is 18.6 Å². The van der Waals surface area contributed by atoms with E-state index in [2.05, 4.69) is 12.6 Å². The summed E-state index contributed by atoms with van der Waals surface area (Å²) in [7, 11) is 0. The Morgan fingerprint density at radius 2 is 1.00 bits per heavy atom. The summed E-state index contributed by atoms with van der Waals surface area (Å²) in [6.07, 6.45) is 15.2. The van der Waals surface area contributed by atoms with Crippen molar-refractivity contribution in [3.05, 3.63) is 0 Å². The summed E-state index contributed by atoms with van der Waals surface area (Å²) in [4.78, 5) is 10.2. The summed E-state index contributed by atoms with van der Waals surface area (Å²) in [5.41, 5.74) is 0. The van der Waals surface area contributed by atoms with Gasteiger partial charge in [-0.15, -0.1) is 0 Å². The Morgan fingerprint density at radius 1 is 0.684 bits per heavy atom. The van der Waals surface area contributed by atoms with E-state index in [9.17, 15) is 9.90 Å². The van der Waals surface area contributed by atoms with Gasteiger partial charge < -0.3 is 9.90 Å². The second-order valence-corrected chi connectivity index (χ2v) is 5.54. The average molecular weight is 296 g/mol. The maximum absolute atomic E-state index is 10.2. The molecule has 4 heteroatoms. The van der Waals surface area contributed by atoms with Gasteiger partial charge in [0.15, 0.2) is 0 Å². The standard InChI is InChI=1S/C15H30O2S.Na/c16-15(17)13-11-9-7-5-3-1-2-4-6-8-10-12-14-18;/h18H,1-14H2,(H,16,17);/q;+1/p-1. The predicted molar refractivity (Wildman–Crippen MR) is 78.9 cm³/mol. The van der Waals surface area contributed by atoms with Crippen LogP contribution >= 0.6 is 12.6 Å². The van der Waals surface area contributed by atoms with Gasteiger partial charge in [-0.3, -0.25) is 0 Å². The van der Waals surface area contributed by atoms with Gasteiger partial charge in [-0.05, 0) is 25.0 Å². The topological polar surface area (TPSA) is 40.1 Å². The van der Waals surface area contributed by atoms with Crippen molar-refractivity contribution in [2.75, 3.05) is 5.75 Å². The predicted octanol–water partition coefficient (Wildman–Crippen LogP) is 0.741. The second kappa shape index (κ2) is 18.8. The Bertz CT molecular complexity index is 189. The number of carboxylic acid groups (broad SMARTS) is 1. The molecule has 108 valence electrons. The normalized spacial score (nSPS) is 10.2. The molecule has 0 aromatic carbocycles. The van der Waals surface area contributed by atoms with Crippen LogP contribution < -0.4 is 34.7 Å². The van der Waals surface area contributed by atoms with Crippen LogP contribution in [0.3, 0.4) is 0 Å². The fourth-order valence-corrected chi connectivity index (χ4v) is 2.37. The van der Waals surface area contributed by atoms with Crippen LogP contribution in [-0.2, 0) is 4.79 Å². The van der Waals surface area contributed by atoms with Crippen molar-refractivity contribution in [1.82, 2.24) is 0 Å². The molecule has 0 N–H and O–H groups in total. The second-order valence-electron chi connectivity index (χ2n) is 5.09. The fourth-order valence-electron chi connectivity index (χ4n) is 2.15. The van der Waals surface area contributed by atoms with Gasteiger partial charge in [0, 0.05) is 5.97 Å². The number of carbonyl (C=O) groups excluding carboxylic acids is 1. The molecular formula is C15H29NaO2S. The third-order valence-corrected chi connectivity index (χ3v) is 3.61. The first-order chi connectivity index (χ1) is 8.77. The minimum absolute atomic E-state index is 0. The van der Waals surface area contributed by atoms with Crippen LogP contribution in [0.2, 0.25) is 0 Å². The average Bonchev–Trinajstić information content (AvgIpc) is 2.34. The molecule has 0 aromatic rings. The van der Waals surface area contributed by atoms with Crippen LogP contribution in [0.5, 0.6) is 0 Å². The van der Waals surface area contributed by atoms with Gasteiger partial charge in [-0.1, -0.05) is 64.2 Å². The van der Waals surface area contributed by atoms with Gasteiger partial charge in [-0.2, -0.15) is 12.6 Å². The van der Waals surface area contributed by atoms with Crippen LogP contribution in [0.1, 0.15) is 83.5 Å². The summed E-state index contributed by atoms with van der Waals surface area (Å²) >= 11 is 4.20. The van der Waals surface area contributed by atoms with E-state index < -0.39 is 5.97 Å². The third-order valence-electron chi connectivity index (χ3n) is 3.29. The van der Waals surface area contributed by atoms with E-state index in [1.165, 1.54) is 64.2 Å². The molecule has 0 spiro atoms. The van der Waals surface area contributed by atoms with Gasteiger partial charge in [-0.25, -0.2) is 0 Å². The Labute approximate surface area is 146 Å². The fraction of sp³-hybridized carbons (Fsp3) is 0.933. The van der Waals surface area contributed by atoms with Gasteiger partial charge in [0.05, 0.1) is 0 Å². The van der Waals surface area contributed by atoms with Crippen LogP contribution in [0.25, 0.3) is 0 Å². The van der Waals surface area contributed by atoms with Gasteiger partial charge in [0.2, 0.25) is 0 Å². The molecule has 0 unspecified atom stereocenters. The molecule has 19 heavy (non-hydrogen) atoms. The Morgan fingerprint density at radius 3 is 1.32 bits per heavy atom. The summed E-state index contributed by atoms with van der Waals surface area (Å²) in [5.74, 6) is 0.116. The number of carbonyl (C=O) groups is 1. The maximum atomic E-state index is 10.2. The number of hydrogen-bond donors (Lipinski definition) is 1. The van der Waals surface area contributed by atoms with E-state index in [1.54, 1.807) is 0 Å². The zero-order chi connectivity index (χ0) is 13.5. The number of hydrogen-bond acceptors (Lipinski definition) is 3. The Kier molecular flexibility index (Phi) is 21.9. The van der Waals surface area contributed by atoms with E-state index in [1.807, 2.05) is 0 Å². The summed E-state index contributed by atoms with van der Waals surface area (Å²) in [6.45, 7) is 0. The molecule has 0 aliphatic carbocycles. The first-order valence-electron chi connectivity index (χ1n) is 7.58. The minimum Gasteiger partial charge on any atom is -0.550 e. The van der Waals surface area contributed by atoms with E-state index in [0.29, 0.717) is 0 Å².